The molecule has 0 unspecified atom stereocenters. The van der Waals surface area contributed by atoms with Gasteiger partial charge in [0, 0.05) is 31.4 Å². The fourth-order valence-corrected chi connectivity index (χ4v) is 5.16. The average Bonchev–Trinajstić information content (AvgIpc) is 2.88. The molecule has 1 aromatic heterocycles. The first-order valence-electron chi connectivity index (χ1n) is 11.1. The molecule has 1 amide bonds. The summed E-state index contributed by atoms with van der Waals surface area (Å²) in [6.45, 7) is 1.73. The molecule has 0 spiro atoms. The fraction of sp³-hybridized carbons (Fsp3) is 0.280. The third-order valence-corrected chi connectivity index (χ3v) is 7.56. The van der Waals surface area contributed by atoms with Crippen LogP contribution in [0, 0.1) is 5.82 Å². The molecule has 7 nitrogen and oxygen atoms in total. The van der Waals surface area contributed by atoms with Crippen molar-refractivity contribution in [3.05, 3.63) is 90.0 Å². The van der Waals surface area contributed by atoms with Crippen molar-refractivity contribution in [2.75, 3.05) is 31.2 Å². The fourth-order valence-electron chi connectivity index (χ4n) is 3.75. The lowest BCUT2D eigenvalue weighted by molar-refractivity contribution is -0.118. The number of benzene rings is 2. The van der Waals surface area contributed by atoms with E-state index in [0.717, 1.165) is 11.3 Å². The van der Waals surface area contributed by atoms with Gasteiger partial charge in [-0.05, 0) is 60.5 Å². The van der Waals surface area contributed by atoms with E-state index in [4.69, 9.17) is 4.74 Å². The van der Waals surface area contributed by atoms with Gasteiger partial charge in [0.2, 0.25) is 15.9 Å². The number of sulfonamides is 1. The lowest BCUT2D eigenvalue weighted by Crippen LogP contribution is -2.40. The normalized spacial score (nSPS) is 14.6. The third-order valence-electron chi connectivity index (χ3n) is 5.64. The number of anilines is 1. The third kappa shape index (κ3) is 5.85. The molecule has 1 aliphatic rings. The molecule has 0 N–H and O–H groups in total. The van der Waals surface area contributed by atoms with Crippen LogP contribution >= 0.6 is 0 Å². The summed E-state index contributed by atoms with van der Waals surface area (Å²) in [7, 11) is -3.56. The monoisotopic (exact) mass is 483 g/mol. The number of aromatic nitrogens is 1. The van der Waals surface area contributed by atoms with Crippen LogP contribution in [0.4, 0.5) is 10.1 Å². The highest BCUT2D eigenvalue weighted by Crippen LogP contribution is 2.21. The zero-order chi connectivity index (χ0) is 24.0. The number of hydrogen-bond acceptors (Lipinski definition) is 5. The van der Waals surface area contributed by atoms with E-state index in [1.807, 2.05) is 12.1 Å². The first kappa shape index (κ1) is 24.0. The maximum atomic E-state index is 13.4. The number of carbonyl (C=O) groups is 1. The molecule has 1 fully saturated rings. The Labute approximate surface area is 198 Å². The van der Waals surface area contributed by atoms with Gasteiger partial charge in [-0.3, -0.25) is 9.78 Å². The second-order valence-electron chi connectivity index (χ2n) is 7.94. The summed E-state index contributed by atoms with van der Waals surface area (Å²) < 4.78 is 45.6. The summed E-state index contributed by atoms with van der Waals surface area (Å²) in [5, 5.41) is 0. The molecule has 0 aliphatic carbocycles. The van der Waals surface area contributed by atoms with Crippen LogP contribution in [0.25, 0.3) is 0 Å². The van der Waals surface area contributed by atoms with Crippen molar-refractivity contribution in [1.82, 2.24) is 9.29 Å². The van der Waals surface area contributed by atoms with E-state index in [2.05, 4.69) is 4.98 Å². The molecule has 1 saturated heterocycles. The van der Waals surface area contributed by atoms with Crippen molar-refractivity contribution < 1.29 is 22.3 Å². The number of aryl methyl sites for hydroxylation is 1. The van der Waals surface area contributed by atoms with Gasteiger partial charge < -0.3 is 9.64 Å². The Morgan fingerprint density at radius 1 is 1.00 bits per heavy atom. The van der Waals surface area contributed by atoms with E-state index in [9.17, 15) is 17.6 Å². The van der Waals surface area contributed by atoms with Gasteiger partial charge in [0.1, 0.15) is 5.82 Å². The van der Waals surface area contributed by atoms with Crippen LogP contribution in [-0.4, -0.2) is 49.9 Å². The van der Waals surface area contributed by atoms with Crippen LogP contribution in [0.2, 0.25) is 0 Å². The van der Waals surface area contributed by atoms with Crippen molar-refractivity contribution >= 4 is 21.6 Å². The van der Waals surface area contributed by atoms with E-state index >= 15 is 0 Å². The van der Waals surface area contributed by atoms with E-state index in [1.165, 1.54) is 16.4 Å². The number of carbonyl (C=O) groups excluding carboxylic acids is 1. The quantitative estimate of drug-likeness (QED) is 0.491. The van der Waals surface area contributed by atoms with Gasteiger partial charge in [0.05, 0.1) is 30.3 Å². The van der Waals surface area contributed by atoms with Gasteiger partial charge >= 0.3 is 0 Å². The number of morpholine rings is 1. The number of nitrogens with zero attached hydrogens (tertiary/aromatic N) is 3. The predicted molar refractivity (Wildman–Crippen MR) is 126 cm³/mol. The first-order valence-corrected chi connectivity index (χ1v) is 12.5. The molecule has 0 saturated carbocycles. The van der Waals surface area contributed by atoms with Crippen molar-refractivity contribution in [2.24, 2.45) is 0 Å². The smallest absolute Gasteiger partial charge is 0.243 e. The molecule has 1 aliphatic heterocycles. The zero-order valence-corrected chi connectivity index (χ0v) is 19.5. The highest BCUT2D eigenvalue weighted by molar-refractivity contribution is 7.89. The number of hydrogen-bond donors (Lipinski definition) is 0. The Balaban J connectivity index is 1.44. The number of ether oxygens (including phenoxy) is 1. The van der Waals surface area contributed by atoms with Crippen LogP contribution in [-0.2, 0) is 32.5 Å². The van der Waals surface area contributed by atoms with Crippen molar-refractivity contribution in [3.8, 4) is 0 Å². The lowest BCUT2D eigenvalue weighted by Gasteiger charge is -2.26. The Kier molecular flexibility index (Phi) is 7.66. The molecular weight excluding hydrogens is 457 g/mol. The highest BCUT2D eigenvalue weighted by atomic mass is 32.2. The van der Waals surface area contributed by atoms with Gasteiger partial charge in [-0.15, -0.1) is 0 Å². The lowest BCUT2D eigenvalue weighted by atomic mass is 10.1. The second kappa shape index (κ2) is 10.9. The summed E-state index contributed by atoms with van der Waals surface area (Å²) in [4.78, 5) is 19.2. The second-order valence-corrected chi connectivity index (χ2v) is 9.88. The molecular formula is C25H26FN3O4S. The molecule has 3 aromatic rings. The summed E-state index contributed by atoms with van der Waals surface area (Å²) in [5.41, 5.74) is 2.16. The molecule has 34 heavy (non-hydrogen) atoms. The molecule has 0 bridgehead atoms. The molecule has 4 rings (SSSR count). The minimum atomic E-state index is -3.56. The number of amides is 1. The minimum Gasteiger partial charge on any atom is -0.379 e. The molecule has 2 aromatic carbocycles. The average molecular weight is 484 g/mol. The summed E-state index contributed by atoms with van der Waals surface area (Å²) >= 11 is 0. The Bertz CT molecular complexity index is 1200. The predicted octanol–water partition coefficient (Wildman–Crippen LogP) is 3.41. The summed E-state index contributed by atoms with van der Waals surface area (Å²) in [6.07, 6.45) is 2.31. The van der Waals surface area contributed by atoms with Gasteiger partial charge in [0.25, 0.3) is 0 Å². The number of halogens is 1. The standard InChI is InChI=1S/C25H26FN3O4S/c26-21-7-9-23(10-8-21)29(19-22-3-1-2-14-27-22)25(30)13-6-20-4-11-24(12-5-20)34(31,32)28-15-17-33-18-16-28/h1-5,7-12,14H,6,13,15-19H2. The van der Waals surface area contributed by atoms with Crippen LogP contribution in [0.1, 0.15) is 17.7 Å². The molecule has 9 heteroatoms. The van der Waals surface area contributed by atoms with E-state index in [-0.39, 0.29) is 29.6 Å². The number of pyridine rings is 1. The van der Waals surface area contributed by atoms with E-state index in [1.54, 1.807) is 53.6 Å². The molecule has 2 heterocycles. The van der Waals surface area contributed by atoms with Crippen LogP contribution in [0.3, 0.4) is 0 Å². The molecule has 0 atom stereocenters. The van der Waals surface area contributed by atoms with Crippen molar-refractivity contribution in [2.45, 2.75) is 24.3 Å². The Hall–Kier alpha value is -3.14. The zero-order valence-electron chi connectivity index (χ0n) is 18.6. The Morgan fingerprint density at radius 2 is 1.71 bits per heavy atom. The van der Waals surface area contributed by atoms with Gasteiger partial charge in [-0.2, -0.15) is 4.31 Å². The van der Waals surface area contributed by atoms with Crippen LogP contribution < -0.4 is 4.90 Å². The maximum Gasteiger partial charge on any atom is 0.243 e. The molecule has 0 radical (unpaired) electrons. The number of rotatable bonds is 8. The maximum absolute atomic E-state index is 13.4. The van der Waals surface area contributed by atoms with E-state index < -0.39 is 10.0 Å². The summed E-state index contributed by atoms with van der Waals surface area (Å²) in [6, 6.07) is 17.9. The Morgan fingerprint density at radius 3 is 2.35 bits per heavy atom. The van der Waals surface area contributed by atoms with Crippen molar-refractivity contribution in [3.63, 3.8) is 0 Å². The van der Waals surface area contributed by atoms with Gasteiger partial charge in [0.15, 0.2) is 0 Å². The van der Waals surface area contributed by atoms with Crippen LogP contribution in [0.5, 0.6) is 0 Å². The SMILES string of the molecule is O=C(CCc1ccc(S(=O)(=O)N2CCOCC2)cc1)N(Cc1ccccn1)c1ccc(F)cc1. The van der Waals surface area contributed by atoms with Crippen molar-refractivity contribution in [1.29, 1.82) is 0 Å². The highest BCUT2D eigenvalue weighted by Gasteiger charge is 2.26. The van der Waals surface area contributed by atoms with Crippen LogP contribution in [0.15, 0.2) is 77.8 Å². The van der Waals surface area contributed by atoms with E-state index in [0.29, 0.717) is 38.4 Å². The first-order chi connectivity index (χ1) is 16.4. The summed E-state index contributed by atoms with van der Waals surface area (Å²) in [5.74, 6) is -0.511. The van der Waals surface area contributed by atoms with Gasteiger partial charge in [-0.1, -0.05) is 18.2 Å². The minimum absolute atomic E-state index is 0.137. The largest absolute Gasteiger partial charge is 0.379 e. The molecule has 178 valence electrons. The topological polar surface area (TPSA) is 79.8 Å². The van der Waals surface area contributed by atoms with Gasteiger partial charge in [-0.25, -0.2) is 12.8 Å².